The molecule has 0 amide bonds. The van der Waals surface area contributed by atoms with Gasteiger partial charge >= 0.3 is 5.97 Å². The highest BCUT2D eigenvalue weighted by molar-refractivity contribution is 5.89. The third-order valence-electron chi connectivity index (χ3n) is 2.99. The van der Waals surface area contributed by atoms with Crippen LogP contribution >= 0.6 is 0 Å². The van der Waals surface area contributed by atoms with E-state index in [1.165, 1.54) is 6.21 Å². The van der Waals surface area contributed by atoms with Crippen molar-refractivity contribution in [3.05, 3.63) is 0 Å². The molecule has 0 rings (SSSR count). The molecule has 24 heavy (non-hydrogen) atoms. The zero-order valence-corrected chi connectivity index (χ0v) is 14.6. The number of rotatable bonds is 12. The highest BCUT2D eigenvalue weighted by Crippen LogP contribution is 2.08. The van der Waals surface area contributed by atoms with Gasteiger partial charge in [0.15, 0.2) is 0 Å². The highest BCUT2D eigenvalue weighted by atomic mass is 17.2. The van der Waals surface area contributed by atoms with E-state index >= 15 is 0 Å². The Morgan fingerprint density at radius 2 is 1.88 bits per heavy atom. The van der Waals surface area contributed by atoms with Gasteiger partial charge in [-0.1, -0.05) is 0 Å². The van der Waals surface area contributed by atoms with Gasteiger partial charge in [-0.25, -0.2) is 10.9 Å². The van der Waals surface area contributed by atoms with Crippen molar-refractivity contribution in [1.82, 2.24) is 10.9 Å². The minimum absolute atomic E-state index is 0.0927. The predicted octanol–water partition coefficient (Wildman–Crippen LogP) is 0.435. The Labute approximate surface area is 141 Å². The molecule has 138 valence electrons. The molecule has 0 aliphatic heterocycles. The molecule has 0 atom stereocenters. The smallest absolute Gasteiger partial charge is 0.305 e. The largest absolute Gasteiger partial charge is 0.481 e. The van der Waals surface area contributed by atoms with Crippen molar-refractivity contribution in [2.24, 2.45) is 10.7 Å². The average Bonchev–Trinajstić information content (AvgIpc) is 2.49. The molecule has 0 fully saturated rings. The zero-order chi connectivity index (χ0) is 18.8. The summed E-state index contributed by atoms with van der Waals surface area (Å²) in [5.41, 5.74) is 10.1. The van der Waals surface area contributed by atoms with Crippen LogP contribution in [0.2, 0.25) is 0 Å². The maximum atomic E-state index is 10.5. The first-order chi connectivity index (χ1) is 11.0. The van der Waals surface area contributed by atoms with E-state index in [0.717, 1.165) is 0 Å². The van der Waals surface area contributed by atoms with Crippen LogP contribution in [0.3, 0.4) is 0 Å². The molecule has 0 aromatic carbocycles. The van der Waals surface area contributed by atoms with Crippen LogP contribution < -0.4 is 16.6 Å². The van der Waals surface area contributed by atoms with Gasteiger partial charge in [-0.05, 0) is 33.9 Å². The summed E-state index contributed by atoms with van der Waals surface area (Å²) in [6.07, 6.45) is 1.49. The highest BCUT2D eigenvalue weighted by Gasteiger charge is 2.31. The van der Waals surface area contributed by atoms with Crippen molar-refractivity contribution in [2.75, 3.05) is 13.2 Å². The van der Waals surface area contributed by atoms with Crippen molar-refractivity contribution < 1.29 is 19.7 Å². The number of carboxylic acids is 1. The fourth-order valence-corrected chi connectivity index (χ4v) is 1.21. The quantitative estimate of drug-likeness (QED) is 0.0981. The average molecular weight is 344 g/mol. The topological polar surface area (TPSA) is 166 Å². The maximum Gasteiger partial charge on any atom is 0.305 e. The summed E-state index contributed by atoms with van der Waals surface area (Å²) < 4.78 is 0. The lowest BCUT2D eigenvalue weighted by Crippen LogP contribution is -2.63. The molecule has 0 aromatic rings. The number of nitrogens with zero attached hydrogens (tertiary/aromatic N) is 1. The summed E-state index contributed by atoms with van der Waals surface area (Å²) in [6, 6.07) is 0. The summed E-state index contributed by atoms with van der Waals surface area (Å²) >= 11 is 0. The van der Waals surface area contributed by atoms with Crippen molar-refractivity contribution in [2.45, 2.75) is 51.6 Å². The van der Waals surface area contributed by atoms with Crippen LogP contribution in [0.1, 0.15) is 40.5 Å². The Hall–Kier alpha value is -2.04. The van der Waals surface area contributed by atoms with Crippen LogP contribution in [0, 0.1) is 10.8 Å². The summed E-state index contributed by atoms with van der Waals surface area (Å²) in [5.74, 6) is -0.857. The van der Waals surface area contributed by atoms with E-state index in [1.54, 1.807) is 27.7 Å². The standard InChI is InChI=1S/C14H28N6O4/c1-13(2,11(16)18-8-6-10(21)22)19-20-14(3,4)12(17)24-23-9-5-7-15/h7,15,17,19-20H,5-6,8-9H2,1-4H3,(H2,16,18)(H,21,22). The van der Waals surface area contributed by atoms with E-state index in [2.05, 4.69) is 15.8 Å². The van der Waals surface area contributed by atoms with Gasteiger partial charge in [0.2, 0.25) is 5.90 Å². The number of nitrogens with two attached hydrogens (primary N) is 1. The van der Waals surface area contributed by atoms with Gasteiger partial charge < -0.3 is 21.1 Å². The predicted molar refractivity (Wildman–Crippen MR) is 91.3 cm³/mol. The number of nitrogens with one attached hydrogen (secondary N) is 4. The number of carbonyl (C=O) groups is 1. The van der Waals surface area contributed by atoms with E-state index in [4.69, 9.17) is 31.4 Å². The van der Waals surface area contributed by atoms with Crippen molar-refractivity contribution >= 4 is 23.9 Å². The zero-order valence-electron chi connectivity index (χ0n) is 14.6. The lowest BCUT2D eigenvalue weighted by atomic mass is 10.0. The molecule has 0 bridgehead atoms. The summed E-state index contributed by atoms with van der Waals surface area (Å²) in [4.78, 5) is 24.2. The van der Waals surface area contributed by atoms with Crippen LogP contribution in [-0.2, 0) is 14.6 Å². The molecule has 0 radical (unpaired) electrons. The van der Waals surface area contributed by atoms with Crippen molar-refractivity contribution in [3.8, 4) is 0 Å². The SMILES string of the molecule is CC(C)(NNC(C)(C)C(N)=NCCC(=O)O)C(=N)OOCCC=N. The van der Waals surface area contributed by atoms with Crippen LogP contribution in [0.15, 0.2) is 4.99 Å². The molecule has 0 aliphatic carbocycles. The lowest BCUT2D eigenvalue weighted by Gasteiger charge is -2.33. The molecule has 10 nitrogen and oxygen atoms in total. The number of hydrogen-bond donors (Lipinski definition) is 6. The minimum atomic E-state index is -0.940. The molecular formula is C14H28N6O4. The van der Waals surface area contributed by atoms with Crippen LogP contribution in [-0.4, -0.2) is 53.3 Å². The molecule has 0 heterocycles. The molecule has 0 unspecified atom stereocenters. The molecule has 0 saturated heterocycles. The molecule has 0 saturated carbocycles. The molecule has 0 aromatic heterocycles. The van der Waals surface area contributed by atoms with E-state index in [0.29, 0.717) is 6.42 Å². The van der Waals surface area contributed by atoms with Crippen molar-refractivity contribution in [3.63, 3.8) is 0 Å². The second kappa shape index (κ2) is 9.96. The number of hydrazine groups is 1. The molecule has 0 spiro atoms. The summed E-state index contributed by atoms with van der Waals surface area (Å²) in [5, 5.41) is 23.3. The Morgan fingerprint density at radius 1 is 1.29 bits per heavy atom. The number of hydrogen-bond acceptors (Lipinski definition) is 8. The maximum absolute atomic E-state index is 10.5. The minimum Gasteiger partial charge on any atom is -0.481 e. The Kier molecular flexibility index (Phi) is 9.11. The van der Waals surface area contributed by atoms with Gasteiger partial charge in [0.1, 0.15) is 11.4 Å². The Balaban J connectivity index is 4.51. The molecule has 10 heteroatoms. The third-order valence-corrected chi connectivity index (χ3v) is 2.99. The summed E-state index contributed by atoms with van der Waals surface area (Å²) in [7, 11) is 0. The second-order valence-electron chi connectivity index (χ2n) is 6.14. The number of carboxylic acid groups (broad SMARTS) is 1. The van der Waals surface area contributed by atoms with Gasteiger partial charge in [0, 0.05) is 6.42 Å². The van der Waals surface area contributed by atoms with E-state index in [-0.39, 0.29) is 31.3 Å². The molecule has 0 aliphatic rings. The fourth-order valence-electron chi connectivity index (χ4n) is 1.21. The number of aliphatic imine (C=N–C) groups is 1. The molecule has 7 N–H and O–H groups in total. The van der Waals surface area contributed by atoms with Gasteiger partial charge in [-0.2, -0.15) is 4.89 Å². The fraction of sp³-hybridized carbons (Fsp3) is 0.714. The third kappa shape index (κ3) is 8.56. The van der Waals surface area contributed by atoms with E-state index < -0.39 is 17.0 Å². The van der Waals surface area contributed by atoms with Crippen LogP contribution in [0.4, 0.5) is 0 Å². The first kappa shape index (κ1) is 22.0. The van der Waals surface area contributed by atoms with Gasteiger partial charge in [0.05, 0.1) is 25.1 Å². The Morgan fingerprint density at radius 3 is 2.42 bits per heavy atom. The van der Waals surface area contributed by atoms with Gasteiger partial charge in [-0.3, -0.25) is 15.2 Å². The number of amidine groups is 1. The second-order valence-corrected chi connectivity index (χ2v) is 6.14. The first-order valence-electron chi connectivity index (χ1n) is 7.47. The van der Waals surface area contributed by atoms with E-state index in [1.807, 2.05) is 0 Å². The van der Waals surface area contributed by atoms with Gasteiger partial charge in [-0.15, -0.1) is 0 Å². The normalized spacial score (nSPS) is 12.8. The Bertz CT molecular complexity index is 476. The van der Waals surface area contributed by atoms with Crippen LogP contribution in [0.5, 0.6) is 0 Å². The molecular weight excluding hydrogens is 316 g/mol. The summed E-state index contributed by atoms with van der Waals surface area (Å²) in [6.45, 7) is 7.22. The monoisotopic (exact) mass is 344 g/mol. The van der Waals surface area contributed by atoms with Gasteiger partial charge in [0.25, 0.3) is 0 Å². The number of aliphatic carboxylic acids is 1. The first-order valence-corrected chi connectivity index (χ1v) is 7.47. The van der Waals surface area contributed by atoms with Crippen LogP contribution in [0.25, 0.3) is 0 Å². The van der Waals surface area contributed by atoms with E-state index in [9.17, 15) is 4.79 Å². The van der Waals surface area contributed by atoms with Crippen molar-refractivity contribution in [1.29, 1.82) is 10.8 Å². The lowest BCUT2D eigenvalue weighted by molar-refractivity contribution is -0.225.